The van der Waals surface area contributed by atoms with Crippen LogP contribution in [0.4, 0.5) is 5.69 Å². The smallest absolute Gasteiger partial charge is 0.263 e. The van der Waals surface area contributed by atoms with Crippen LogP contribution in [-0.4, -0.2) is 72.1 Å². The second-order valence-electron chi connectivity index (χ2n) is 7.68. The molecule has 3 heterocycles. The average Bonchev–Trinajstić information content (AvgIpc) is 2.68. The molecule has 7 heteroatoms. The fourth-order valence-corrected chi connectivity index (χ4v) is 3.75. The molecule has 7 nitrogen and oxygen atoms in total. The van der Waals surface area contributed by atoms with Crippen LogP contribution in [0.5, 0.6) is 0 Å². The Balaban J connectivity index is 1.77. The lowest BCUT2D eigenvalue weighted by molar-refractivity contribution is 0.0743. The van der Waals surface area contributed by atoms with Crippen LogP contribution in [0, 0.1) is 6.92 Å². The first-order valence-electron chi connectivity index (χ1n) is 9.69. The lowest BCUT2D eigenvalue weighted by Crippen LogP contribution is -2.50. The van der Waals surface area contributed by atoms with Crippen molar-refractivity contribution in [3.63, 3.8) is 0 Å². The molecule has 1 saturated heterocycles. The minimum atomic E-state index is -0.198. The molecule has 1 aliphatic rings. The van der Waals surface area contributed by atoms with E-state index in [0.717, 1.165) is 30.9 Å². The van der Waals surface area contributed by atoms with Crippen LogP contribution in [-0.2, 0) is 0 Å². The van der Waals surface area contributed by atoms with Crippen LogP contribution in [0.15, 0.2) is 41.6 Å². The second kappa shape index (κ2) is 8.56. The highest BCUT2D eigenvalue weighted by molar-refractivity contribution is 5.95. The standard InChI is InChI=1S/C21H29N5O2/c1-16-7-10-26(17(2)15-23(3)4)21(28)19(16)20(27)25-13-11-24(12-14-25)18-5-8-22-9-6-18/h5-10,17H,11-15H2,1-4H3. The molecule has 1 fully saturated rings. The summed E-state index contributed by atoms with van der Waals surface area (Å²) in [5.41, 5.74) is 1.94. The number of aromatic nitrogens is 2. The van der Waals surface area contributed by atoms with Crippen LogP contribution in [0.2, 0.25) is 0 Å². The van der Waals surface area contributed by atoms with Gasteiger partial charge in [-0.1, -0.05) is 0 Å². The number of hydrogen-bond acceptors (Lipinski definition) is 5. The van der Waals surface area contributed by atoms with E-state index in [-0.39, 0.29) is 17.5 Å². The molecule has 0 spiro atoms. The molecule has 2 aromatic heterocycles. The maximum atomic E-state index is 13.2. The van der Waals surface area contributed by atoms with E-state index in [2.05, 4.69) is 9.88 Å². The maximum Gasteiger partial charge on any atom is 0.263 e. The molecule has 1 atom stereocenters. The van der Waals surface area contributed by atoms with Crippen molar-refractivity contribution in [2.75, 3.05) is 51.7 Å². The van der Waals surface area contributed by atoms with E-state index in [1.165, 1.54) is 0 Å². The number of rotatable bonds is 5. The highest BCUT2D eigenvalue weighted by atomic mass is 16.2. The fourth-order valence-electron chi connectivity index (χ4n) is 3.75. The number of nitrogens with zero attached hydrogens (tertiary/aromatic N) is 5. The summed E-state index contributed by atoms with van der Waals surface area (Å²) in [5, 5.41) is 0. The third-order valence-corrected chi connectivity index (χ3v) is 5.24. The molecule has 0 bridgehead atoms. The monoisotopic (exact) mass is 383 g/mol. The number of anilines is 1. The van der Waals surface area contributed by atoms with Crippen LogP contribution >= 0.6 is 0 Å². The SMILES string of the molecule is Cc1ccn(C(C)CN(C)C)c(=O)c1C(=O)N1CCN(c2ccncc2)CC1. The van der Waals surface area contributed by atoms with Crippen molar-refractivity contribution in [3.8, 4) is 0 Å². The predicted molar refractivity (Wildman–Crippen MR) is 111 cm³/mol. The fraction of sp³-hybridized carbons (Fsp3) is 0.476. The molecule has 0 aliphatic carbocycles. The highest BCUT2D eigenvalue weighted by Crippen LogP contribution is 2.17. The summed E-state index contributed by atoms with van der Waals surface area (Å²) in [6, 6.07) is 5.82. The van der Waals surface area contributed by atoms with Crippen molar-refractivity contribution >= 4 is 11.6 Å². The van der Waals surface area contributed by atoms with Gasteiger partial charge in [-0.05, 0) is 51.7 Å². The van der Waals surface area contributed by atoms with Gasteiger partial charge in [0, 0.05) is 63.0 Å². The summed E-state index contributed by atoms with van der Waals surface area (Å²) in [6.45, 7) is 7.26. The number of carbonyl (C=O) groups excluding carboxylic acids is 1. The Kier molecular flexibility index (Phi) is 6.14. The molecular formula is C21H29N5O2. The lowest BCUT2D eigenvalue weighted by atomic mass is 10.1. The van der Waals surface area contributed by atoms with Crippen LogP contribution in [0.3, 0.4) is 0 Å². The van der Waals surface area contributed by atoms with Crippen molar-refractivity contribution < 1.29 is 4.79 Å². The quantitative estimate of drug-likeness (QED) is 0.786. The van der Waals surface area contributed by atoms with Crippen molar-refractivity contribution in [1.29, 1.82) is 0 Å². The van der Waals surface area contributed by atoms with E-state index in [9.17, 15) is 9.59 Å². The van der Waals surface area contributed by atoms with Gasteiger partial charge in [0.15, 0.2) is 0 Å². The van der Waals surface area contributed by atoms with E-state index in [1.54, 1.807) is 28.1 Å². The highest BCUT2D eigenvalue weighted by Gasteiger charge is 2.26. The van der Waals surface area contributed by atoms with E-state index < -0.39 is 0 Å². The third-order valence-electron chi connectivity index (χ3n) is 5.24. The van der Waals surface area contributed by atoms with Crippen LogP contribution < -0.4 is 10.5 Å². The van der Waals surface area contributed by atoms with Crippen molar-refractivity contribution in [3.05, 3.63) is 58.3 Å². The summed E-state index contributed by atoms with van der Waals surface area (Å²) in [4.78, 5) is 36.3. The average molecular weight is 383 g/mol. The topological polar surface area (TPSA) is 61.7 Å². The molecular weight excluding hydrogens is 354 g/mol. The molecule has 1 amide bonds. The largest absolute Gasteiger partial charge is 0.368 e. The van der Waals surface area contributed by atoms with Gasteiger partial charge in [0.25, 0.3) is 11.5 Å². The Bertz CT molecular complexity index is 870. The predicted octanol–water partition coefficient (Wildman–Crippen LogP) is 1.64. The molecule has 150 valence electrons. The number of amides is 1. The number of likely N-dealkylation sites (N-methyl/N-ethyl adjacent to an activating group) is 1. The summed E-state index contributed by atoms with van der Waals surface area (Å²) >= 11 is 0. The zero-order chi connectivity index (χ0) is 20.3. The van der Waals surface area contributed by atoms with E-state index in [4.69, 9.17) is 0 Å². The first-order valence-corrected chi connectivity index (χ1v) is 9.69. The minimum absolute atomic E-state index is 0.00168. The van der Waals surface area contributed by atoms with Gasteiger partial charge in [0.05, 0.1) is 0 Å². The lowest BCUT2D eigenvalue weighted by Gasteiger charge is -2.36. The molecule has 0 saturated carbocycles. The Morgan fingerprint density at radius 1 is 1.14 bits per heavy atom. The van der Waals surface area contributed by atoms with Crippen LogP contribution in [0.25, 0.3) is 0 Å². The molecule has 28 heavy (non-hydrogen) atoms. The molecule has 1 unspecified atom stereocenters. The summed E-state index contributed by atoms with van der Waals surface area (Å²) in [6.07, 6.45) is 5.35. The van der Waals surface area contributed by atoms with Gasteiger partial charge in [-0.2, -0.15) is 0 Å². The number of hydrogen-bond donors (Lipinski definition) is 0. The maximum absolute atomic E-state index is 13.2. The van der Waals surface area contributed by atoms with Crippen molar-refractivity contribution in [2.45, 2.75) is 19.9 Å². The van der Waals surface area contributed by atoms with Gasteiger partial charge >= 0.3 is 0 Å². The molecule has 2 aromatic rings. The Morgan fingerprint density at radius 3 is 2.39 bits per heavy atom. The second-order valence-corrected chi connectivity index (χ2v) is 7.68. The number of aryl methyl sites for hydroxylation is 1. The Labute approximate surface area is 166 Å². The molecule has 3 rings (SSSR count). The van der Waals surface area contributed by atoms with Gasteiger partial charge < -0.3 is 19.3 Å². The molecule has 0 N–H and O–H groups in total. The first-order chi connectivity index (χ1) is 13.4. The van der Waals surface area contributed by atoms with Gasteiger partial charge in [-0.25, -0.2) is 0 Å². The summed E-state index contributed by atoms with van der Waals surface area (Å²) in [7, 11) is 3.95. The van der Waals surface area contributed by atoms with E-state index in [1.807, 2.05) is 51.0 Å². The van der Waals surface area contributed by atoms with E-state index in [0.29, 0.717) is 18.7 Å². The Morgan fingerprint density at radius 2 is 1.79 bits per heavy atom. The first kappa shape index (κ1) is 20.1. The zero-order valence-corrected chi connectivity index (χ0v) is 17.1. The van der Waals surface area contributed by atoms with Gasteiger partial charge in [-0.3, -0.25) is 14.6 Å². The third kappa shape index (κ3) is 4.25. The summed E-state index contributed by atoms with van der Waals surface area (Å²) < 4.78 is 1.67. The molecule has 0 radical (unpaired) electrons. The molecule has 1 aliphatic heterocycles. The van der Waals surface area contributed by atoms with E-state index >= 15 is 0 Å². The van der Waals surface area contributed by atoms with Crippen LogP contribution in [0.1, 0.15) is 28.9 Å². The van der Waals surface area contributed by atoms with Gasteiger partial charge in [0.2, 0.25) is 0 Å². The number of carbonyl (C=O) groups is 1. The van der Waals surface area contributed by atoms with Crippen molar-refractivity contribution in [1.82, 2.24) is 19.4 Å². The number of pyridine rings is 2. The normalized spacial score (nSPS) is 15.8. The minimum Gasteiger partial charge on any atom is -0.368 e. The molecule has 0 aromatic carbocycles. The Hall–Kier alpha value is -2.67. The number of piperazine rings is 1. The van der Waals surface area contributed by atoms with Crippen molar-refractivity contribution in [2.24, 2.45) is 0 Å². The van der Waals surface area contributed by atoms with Gasteiger partial charge in [-0.15, -0.1) is 0 Å². The summed E-state index contributed by atoms with van der Waals surface area (Å²) in [5.74, 6) is -0.164. The zero-order valence-electron chi connectivity index (χ0n) is 17.1. The van der Waals surface area contributed by atoms with Gasteiger partial charge in [0.1, 0.15) is 5.56 Å².